The Morgan fingerprint density at radius 3 is 2.32 bits per heavy atom. The van der Waals surface area contributed by atoms with E-state index < -0.39 is 12.1 Å². The average molecular weight is 436 g/mol. The van der Waals surface area contributed by atoms with Gasteiger partial charge in [0, 0.05) is 32.0 Å². The van der Waals surface area contributed by atoms with Crippen LogP contribution in [0.2, 0.25) is 0 Å². The van der Waals surface area contributed by atoms with Crippen molar-refractivity contribution in [3.63, 3.8) is 0 Å². The van der Waals surface area contributed by atoms with Gasteiger partial charge in [0.15, 0.2) is 0 Å². The fourth-order valence-electron chi connectivity index (χ4n) is 3.88. The lowest BCUT2D eigenvalue weighted by Crippen LogP contribution is -2.67. The topological polar surface area (TPSA) is 86.6 Å². The van der Waals surface area contributed by atoms with E-state index in [0.29, 0.717) is 5.95 Å². The lowest BCUT2D eigenvalue weighted by molar-refractivity contribution is -0.192. The van der Waals surface area contributed by atoms with Gasteiger partial charge < -0.3 is 10.0 Å². The van der Waals surface area contributed by atoms with Gasteiger partial charge in [-0.2, -0.15) is 13.2 Å². The van der Waals surface area contributed by atoms with Crippen LogP contribution in [0.4, 0.5) is 19.1 Å². The van der Waals surface area contributed by atoms with Crippen LogP contribution in [-0.2, 0) is 16.0 Å². The summed E-state index contributed by atoms with van der Waals surface area (Å²) in [6.07, 6.45) is 1.40. The molecule has 2 aromatic rings. The third kappa shape index (κ3) is 5.57. The zero-order valence-corrected chi connectivity index (χ0v) is 16.8. The number of piperidine rings is 1. The van der Waals surface area contributed by atoms with Crippen LogP contribution >= 0.6 is 0 Å². The van der Waals surface area contributed by atoms with Gasteiger partial charge in [0.05, 0.1) is 5.41 Å². The zero-order chi connectivity index (χ0) is 22.5. The summed E-state index contributed by atoms with van der Waals surface area (Å²) >= 11 is 0. The van der Waals surface area contributed by atoms with E-state index in [2.05, 4.69) is 39.1 Å². The summed E-state index contributed by atoms with van der Waals surface area (Å²) in [5.41, 5.74) is 1.14. The molecule has 0 radical (unpaired) electrons. The molecule has 7 nitrogen and oxygen atoms in total. The molecule has 1 unspecified atom stereocenters. The Kier molecular flexibility index (Phi) is 6.89. The fourth-order valence-corrected chi connectivity index (χ4v) is 3.88. The number of hydrogen-bond acceptors (Lipinski definition) is 5. The molecule has 2 fully saturated rings. The third-order valence-corrected chi connectivity index (χ3v) is 5.41. The van der Waals surface area contributed by atoms with Crippen molar-refractivity contribution in [3.8, 4) is 0 Å². The largest absolute Gasteiger partial charge is 0.490 e. The van der Waals surface area contributed by atoms with Crippen molar-refractivity contribution in [2.45, 2.75) is 25.4 Å². The second-order valence-electron chi connectivity index (χ2n) is 7.64. The molecule has 4 rings (SSSR count). The number of anilines is 1. The number of aromatic nitrogens is 2. The molecule has 0 aliphatic carbocycles. The molecule has 1 N–H and O–H groups in total. The second-order valence-corrected chi connectivity index (χ2v) is 7.64. The number of nitrogens with zero attached hydrogens (tertiary/aromatic N) is 4. The van der Waals surface area contributed by atoms with Crippen LogP contribution in [0.15, 0.2) is 48.8 Å². The minimum Gasteiger partial charge on any atom is -0.475 e. The Bertz CT molecular complexity index is 896. The maximum Gasteiger partial charge on any atom is 0.490 e. The first-order valence-corrected chi connectivity index (χ1v) is 9.87. The maximum atomic E-state index is 12.8. The van der Waals surface area contributed by atoms with Gasteiger partial charge in [0.25, 0.3) is 0 Å². The normalized spacial score (nSPS) is 21.3. The van der Waals surface area contributed by atoms with E-state index in [1.807, 2.05) is 6.07 Å². The van der Waals surface area contributed by atoms with Gasteiger partial charge in [-0.3, -0.25) is 9.69 Å². The number of amides is 1. The third-order valence-electron chi connectivity index (χ3n) is 5.41. The Hall–Kier alpha value is -3.01. The summed E-state index contributed by atoms with van der Waals surface area (Å²) in [7, 11) is 0. The number of β-lactam (4-membered cyclic amide) rings is 1. The molecular formula is C21H23F3N4O3. The van der Waals surface area contributed by atoms with Gasteiger partial charge in [-0.1, -0.05) is 30.3 Å². The molecule has 1 aromatic carbocycles. The number of alkyl halides is 3. The lowest BCUT2D eigenvalue weighted by atomic mass is 9.72. The number of aliphatic carboxylic acids is 1. The van der Waals surface area contributed by atoms with E-state index in [4.69, 9.17) is 9.90 Å². The van der Waals surface area contributed by atoms with E-state index >= 15 is 0 Å². The van der Waals surface area contributed by atoms with Gasteiger partial charge >= 0.3 is 12.1 Å². The number of halogens is 3. The standard InChI is InChI=1S/C19H22N4O.C2HF3O2/c24-17-19(15-23(17)18-20-10-5-11-21-18)9-4-12-22(14-19)13-8-16-6-2-1-3-7-16;3-2(4,5)1(6)7/h1-3,5-7,10-11H,4,8-9,12-15H2;(H,6,7). The Morgan fingerprint density at radius 2 is 1.74 bits per heavy atom. The van der Waals surface area contributed by atoms with Gasteiger partial charge in [0.1, 0.15) is 0 Å². The molecule has 1 atom stereocenters. The highest BCUT2D eigenvalue weighted by molar-refractivity contribution is 6.03. The van der Waals surface area contributed by atoms with Crippen molar-refractivity contribution >= 4 is 17.8 Å². The van der Waals surface area contributed by atoms with Crippen LogP contribution < -0.4 is 4.90 Å². The minimum absolute atomic E-state index is 0.193. The van der Waals surface area contributed by atoms with Crippen molar-refractivity contribution in [3.05, 3.63) is 54.4 Å². The SMILES string of the molecule is O=C(O)C(F)(F)F.O=C1N(c2ncccn2)CC12CCCN(CCc1ccccc1)C2. The van der Waals surface area contributed by atoms with E-state index in [0.717, 1.165) is 45.4 Å². The van der Waals surface area contributed by atoms with Crippen molar-refractivity contribution in [2.24, 2.45) is 5.41 Å². The Morgan fingerprint density at radius 1 is 1.10 bits per heavy atom. The van der Waals surface area contributed by atoms with Gasteiger partial charge in [-0.15, -0.1) is 0 Å². The van der Waals surface area contributed by atoms with E-state index in [1.165, 1.54) is 5.56 Å². The van der Waals surface area contributed by atoms with Crippen molar-refractivity contribution in [1.82, 2.24) is 14.9 Å². The first-order valence-electron chi connectivity index (χ1n) is 9.87. The first-order chi connectivity index (χ1) is 14.7. The molecule has 166 valence electrons. The molecule has 1 amide bonds. The minimum atomic E-state index is -5.08. The van der Waals surface area contributed by atoms with Crippen molar-refractivity contribution in [1.29, 1.82) is 0 Å². The van der Waals surface area contributed by atoms with E-state index in [9.17, 15) is 18.0 Å². The van der Waals surface area contributed by atoms with Crippen LogP contribution in [0.5, 0.6) is 0 Å². The van der Waals surface area contributed by atoms with Gasteiger partial charge in [0.2, 0.25) is 11.9 Å². The summed E-state index contributed by atoms with van der Waals surface area (Å²) in [6, 6.07) is 12.3. The monoisotopic (exact) mass is 436 g/mol. The zero-order valence-electron chi connectivity index (χ0n) is 16.8. The number of carboxylic acids is 1. The molecule has 2 saturated heterocycles. The number of carboxylic acid groups (broad SMARTS) is 1. The second kappa shape index (κ2) is 9.42. The average Bonchev–Trinajstić information content (AvgIpc) is 2.77. The predicted molar refractivity (Wildman–Crippen MR) is 106 cm³/mol. The molecule has 1 spiro atoms. The highest BCUT2D eigenvalue weighted by atomic mass is 19.4. The molecule has 0 bridgehead atoms. The molecule has 3 heterocycles. The number of carbonyl (C=O) groups excluding carboxylic acids is 1. The quantitative estimate of drug-likeness (QED) is 0.742. The van der Waals surface area contributed by atoms with Crippen LogP contribution in [0.3, 0.4) is 0 Å². The molecule has 10 heteroatoms. The molecule has 0 saturated carbocycles. The van der Waals surface area contributed by atoms with E-state index in [1.54, 1.807) is 23.4 Å². The molecular weight excluding hydrogens is 413 g/mol. The van der Waals surface area contributed by atoms with Crippen molar-refractivity contribution < 1.29 is 27.9 Å². The molecule has 31 heavy (non-hydrogen) atoms. The number of likely N-dealkylation sites (tertiary alicyclic amines) is 1. The fraction of sp³-hybridized carbons (Fsp3) is 0.429. The van der Waals surface area contributed by atoms with Crippen LogP contribution in [-0.4, -0.2) is 64.2 Å². The number of carbonyl (C=O) groups is 2. The highest BCUT2D eigenvalue weighted by Gasteiger charge is 2.54. The maximum absolute atomic E-state index is 12.8. The summed E-state index contributed by atoms with van der Waals surface area (Å²) in [6.45, 7) is 3.71. The van der Waals surface area contributed by atoms with E-state index in [-0.39, 0.29) is 11.3 Å². The highest BCUT2D eigenvalue weighted by Crippen LogP contribution is 2.41. The van der Waals surface area contributed by atoms with Crippen molar-refractivity contribution in [2.75, 3.05) is 31.1 Å². The predicted octanol–water partition coefficient (Wildman–Crippen LogP) is 2.78. The summed E-state index contributed by atoms with van der Waals surface area (Å²) in [4.78, 5) is 34.2. The number of benzene rings is 1. The number of rotatable bonds is 4. The smallest absolute Gasteiger partial charge is 0.475 e. The van der Waals surface area contributed by atoms with Crippen LogP contribution in [0.25, 0.3) is 0 Å². The van der Waals surface area contributed by atoms with Gasteiger partial charge in [-0.25, -0.2) is 14.8 Å². The summed E-state index contributed by atoms with van der Waals surface area (Å²) in [5, 5.41) is 7.12. The lowest BCUT2D eigenvalue weighted by Gasteiger charge is -2.52. The first kappa shape index (κ1) is 22.7. The molecule has 2 aliphatic heterocycles. The Balaban J connectivity index is 0.000000339. The van der Waals surface area contributed by atoms with Crippen LogP contribution in [0.1, 0.15) is 18.4 Å². The molecule has 1 aromatic heterocycles. The molecule has 2 aliphatic rings. The summed E-state index contributed by atoms with van der Waals surface area (Å²) < 4.78 is 31.7. The Labute approximate surface area is 177 Å². The number of hydrogen-bond donors (Lipinski definition) is 1. The van der Waals surface area contributed by atoms with Crippen LogP contribution in [0, 0.1) is 5.41 Å². The van der Waals surface area contributed by atoms with Gasteiger partial charge in [-0.05, 0) is 37.4 Å². The summed E-state index contributed by atoms with van der Waals surface area (Å²) in [5.74, 6) is -2.03.